The molecule has 0 bridgehead atoms. The Bertz CT molecular complexity index is 1100. The molecule has 4 rings (SSSR count). The Morgan fingerprint density at radius 1 is 1.16 bits per heavy atom. The Kier molecular flexibility index (Phi) is 6.41. The first-order chi connectivity index (χ1) is 15.3. The first-order valence-corrected chi connectivity index (χ1v) is 12.3. The highest BCUT2D eigenvalue weighted by Crippen LogP contribution is 2.55. The maximum atomic E-state index is 13.2. The summed E-state index contributed by atoms with van der Waals surface area (Å²) >= 11 is 0. The number of aromatic carboxylic acids is 1. The van der Waals surface area contributed by atoms with Crippen LogP contribution >= 0.6 is 0 Å². The number of ether oxygens (including phenoxy) is 1. The maximum Gasteiger partial charge on any atom is 0.339 e. The number of sulfonamides is 1. The molecule has 0 amide bonds. The van der Waals surface area contributed by atoms with Crippen molar-refractivity contribution in [3.8, 4) is 5.75 Å². The predicted molar refractivity (Wildman–Crippen MR) is 122 cm³/mol. The van der Waals surface area contributed by atoms with Gasteiger partial charge in [-0.1, -0.05) is 24.3 Å². The zero-order valence-corrected chi connectivity index (χ0v) is 19.1. The fourth-order valence-electron chi connectivity index (χ4n) is 4.36. The SMILES string of the molecule is CN(C)CCCCNc1ccccc1S(=O)(=O)NC1C2COc3c(C(=O)O)cccc3C21. The van der Waals surface area contributed by atoms with Crippen LogP contribution in [0.15, 0.2) is 47.4 Å². The lowest BCUT2D eigenvalue weighted by atomic mass is 10.0. The summed E-state index contributed by atoms with van der Waals surface area (Å²) in [6, 6.07) is 11.6. The monoisotopic (exact) mass is 459 g/mol. The van der Waals surface area contributed by atoms with Gasteiger partial charge in [-0.25, -0.2) is 17.9 Å². The summed E-state index contributed by atoms with van der Waals surface area (Å²) in [4.78, 5) is 13.8. The van der Waals surface area contributed by atoms with Crippen molar-refractivity contribution < 1.29 is 23.1 Å². The van der Waals surface area contributed by atoms with Gasteiger partial charge in [0, 0.05) is 30.0 Å². The molecular formula is C23H29N3O5S. The van der Waals surface area contributed by atoms with Crippen molar-refractivity contribution in [2.75, 3.05) is 39.1 Å². The molecule has 2 aromatic rings. The van der Waals surface area contributed by atoms with Gasteiger partial charge in [0.15, 0.2) is 0 Å². The van der Waals surface area contributed by atoms with E-state index in [1.54, 1.807) is 24.3 Å². The number of nitrogens with zero attached hydrogens (tertiary/aromatic N) is 1. The molecule has 2 aromatic carbocycles. The van der Waals surface area contributed by atoms with E-state index >= 15 is 0 Å². The first kappa shape index (κ1) is 22.6. The largest absolute Gasteiger partial charge is 0.492 e. The minimum atomic E-state index is -3.76. The molecule has 3 atom stereocenters. The molecule has 1 aliphatic heterocycles. The Morgan fingerprint density at radius 2 is 1.94 bits per heavy atom. The lowest BCUT2D eigenvalue weighted by Crippen LogP contribution is -2.29. The van der Waals surface area contributed by atoms with Crippen molar-refractivity contribution in [3.05, 3.63) is 53.6 Å². The van der Waals surface area contributed by atoms with Crippen molar-refractivity contribution in [2.45, 2.75) is 29.7 Å². The molecule has 0 aromatic heterocycles. The van der Waals surface area contributed by atoms with Gasteiger partial charge in [-0.2, -0.15) is 0 Å². The summed E-state index contributed by atoms with van der Waals surface area (Å²) in [6.07, 6.45) is 1.96. The molecule has 1 aliphatic carbocycles. The Balaban J connectivity index is 1.46. The summed E-state index contributed by atoms with van der Waals surface area (Å²) in [5, 5.41) is 12.7. The van der Waals surface area contributed by atoms with Crippen LogP contribution in [-0.4, -0.2) is 64.2 Å². The second-order valence-electron chi connectivity index (χ2n) is 8.61. The van der Waals surface area contributed by atoms with Crippen molar-refractivity contribution in [2.24, 2.45) is 5.92 Å². The molecule has 9 heteroatoms. The molecule has 3 N–H and O–H groups in total. The molecule has 1 heterocycles. The van der Waals surface area contributed by atoms with Gasteiger partial charge in [-0.05, 0) is 51.7 Å². The van der Waals surface area contributed by atoms with Crippen LogP contribution in [0, 0.1) is 5.92 Å². The van der Waals surface area contributed by atoms with E-state index in [1.807, 2.05) is 26.2 Å². The van der Waals surface area contributed by atoms with Crippen molar-refractivity contribution >= 4 is 21.7 Å². The number of unbranched alkanes of at least 4 members (excludes halogenated alkanes) is 1. The summed E-state index contributed by atoms with van der Waals surface area (Å²) in [6.45, 7) is 1.97. The number of nitrogens with one attached hydrogen (secondary N) is 2. The number of hydrogen-bond acceptors (Lipinski definition) is 6. The van der Waals surface area contributed by atoms with Gasteiger partial charge in [0.1, 0.15) is 16.2 Å². The Labute approximate surface area is 188 Å². The predicted octanol–water partition coefficient (Wildman–Crippen LogP) is 2.59. The first-order valence-electron chi connectivity index (χ1n) is 10.8. The summed E-state index contributed by atoms with van der Waals surface area (Å²) in [5.74, 6) is -0.794. The minimum Gasteiger partial charge on any atom is -0.492 e. The summed E-state index contributed by atoms with van der Waals surface area (Å²) in [7, 11) is 0.297. The highest BCUT2D eigenvalue weighted by Gasteiger charge is 2.57. The van der Waals surface area contributed by atoms with Crippen LogP contribution in [0.5, 0.6) is 5.75 Å². The van der Waals surface area contributed by atoms with Crippen LogP contribution in [0.3, 0.4) is 0 Å². The normalized spacial score (nSPS) is 21.4. The van der Waals surface area contributed by atoms with Crippen LogP contribution in [0.25, 0.3) is 0 Å². The van der Waals surface area contributed by atoms with E-state index in [4.69, 9.17) is 4.74 Å². The van der Waals surface area contributed by atoms with Gasteiger partial charge in [0.25, 0.3) is 0 Å². The number of carboxylic acids is 1. The molecule has 0 spiro atoms. The van der Waals surface area contributed by atoms with Crippen molar-refractivity contribution in [1.82, 2.24) is 9.62 Å². The number of carbonyl (C=O) groups is 1. The van der Waals surface area contributed by atoms with Crippen molar-refractivity contribution in [1.29, 1.82) is 0 Å². The zero-order chi connectivity index (χ0) is 22.9. The molecule has 1 fully saturated rings. The smallest absolute Gasteiger partial charge is 0.339 e. The second kappa shape index (κ2) is 9.09. The van der Waals surface area contributed by atoms with E-state index in [9.17, 15) is 18.3 Å². The van der Waals surface area contributed by atoms with E-state index in [0.29, 0.717) is 24.6 Å². The minimum absolute atomic E-state index is 0.00697. The third-order valence-electron chi connectivity index (χ3n) is 6.04. The molecular weight excluding hydrogens is 430 g/mol. The third kappa shape index (κ3) is 4.60. The summed E-state index contributed by atoms with van der Waals surface area (Å²) in [5.41, 5.74) is 1.44. The molecule has 172 valence electrons. The standard InChI is InChI=1S/C23H29N3O5S/c1-26(2)13-6-5-12-24-18-10-3-4-11-19(18)32(29,30)25-21-17-14-31-22-15(20(17)21)8-7-9-16(22)23(27)28/h3-4,7-11,17,20-21,24-25H,5-6,12-14H2,1-2H3,(H,27,28). The average Bonchev–Trinajstić information content (AvgIpc) is 3.45. The second-order valence-corrected chi connectivity index (χ2v) is 10.3. The fraction of sp³-hybridized carbons (Fsp3) is 0.435. The Hall–Kier alpha value is -2.62. The molecule has 0 radical (unpaired) electrons. The van der Waals surface area contributed by atoms with Gasteiger partial charge in [-0.3, -0.25) is 0 Å². The quantitative estimate of drug-likeness (QED) is 0.469. The van der Waals surface area contributed by atoms with Gasteiger partial charge < -0.3 is 20.1 Å². The molecule has 1 saturated carbocycles. The third-order valence-corrected chi connectivity index (χ3v) is 7.56. The fourth-order valence-corrected chi connectivity index (χ4v) is 5.85. The number of carboxylic acid groups (broad SMARTS) is 1. The van der Waals surface area contributed by atoms with E-state index in [2.05, 4.69) is 14.9 Å². The van der Waals surface area contributed by atoms with Gasteiger partial charge >= 0.3 is 5.97 Å². The Morgan fingerprint density at radius 3 is 2.69 bits per heavy atom. The lowest BCUT2D eigenvalue weighted by Gasteiger charge is -2.17. The molecule has 8 nitrogen and oxygen atoms in total. The maximum absolute atomic E-state index is 13.2. The molecule has 0 saturated heterocycles. The van der Waals surface area contributed by atoms with Crippen LogP contribution in [-0.2, 0) is 10.0 Å². The number of benzene rings is 2. The van der Waals surface area contributed by atoms with Crippen LogP contribution < -0.4 is 14.8 Å². The lowest BCUT2D eigenvalue weighted by molar-refractivity contribution is 0.0691. The van der Waals surface area contributed by atoms with Gasteiger partial charge in [-0.15, -0.1) is 0 Å². The van der Waals surface area contributed by atoms with Crippen LogP contribution in [0.2, 0.25) is 0 Å². The number of hydrogen-bond donors (Lipinski definition) is 3. The topological polar surface area (TPSA) is 108 Å². The average molecular weight is 460 g/mol. The van der Waals surface area contributed by atoms with E-state index in [-0.39, 0.29) is 28.3 Å². The number of fused-ring (bicyclic) bond motifs is 3. The number of anilines is 1. The zero-order valence-electron chi connectivity index (χ0n) is 18.2. The number of rotatable bonds is 10. The van der Waals surface area contributed by atoms with E-state index in [0.717, 1.165) is 24.9 Å². The molecule has 3 unspecified atom stereocenters. The highest BCUT2D eigenvalue weighted by molar-refractivity contribution is 7.89. The van der Waals surface area contributed by atoms with Crippen molar-refractivity contribution in [3.63, 3.8) is 0 Å². The molecule has 32 heavy (non-hydrogen) atoms. The van der Waals surface area contributed by atoms with E-state index in [1.165, 1.54) is 6.07 Å². The molecule has 2 aliphatic rings. The van der Waals surface area contributed by atoms with E-state index < -0.39 is 16.0 Å². The number of para-hydroxylation sites is 2. The van der Waals surface area contributed by atoms with Gasteiger partial charge in [0.05, 0.1) is 12.3 Å². The van der Waals surface area contributed by atoms with Crippen LogP contribution in [0.1, 0.15) is 34.7 Å². The summed E-state index contributed by atoms with van der Waals surface area (Å²) < 4.78 is 35.0. The van der Waals surface area contributed by atoms with Gasteiger partial charge in [0.2, 0.25) is 10.0 Å². The highest BCUT2D eigenvalue weighted by atomic mass is 32.2. The van der Waals surface area contributed by atoms with Crippen LogP contribution in [0.4, 0.5) is 5.69 Å².